The van der Waals surface area contributed by atoms with Crippen LogP contribution in [0.25, 0.3) is 6.08 Å². The van der Waals surface area contributed by atoms with E-state index in [0.29, 0.717) is 16.6 Å². The molecular formula is C25H21FN2OS. The zero-order valence-corrected chi connectivity index (χ0v) is 17.2. The number of aliphatic imine (C=N–C) groups is 1. The number of amides is 1. The molecule has 5 heteroatoms. The number of aryl methyl sites for hydroxylation is 1. The average molecular weight is 417 g/mol. The van der Waals surface area contributed by atoms with E-state index in [0.717, 1.165) is 24.2 Å². The molecular weight excluding hydrogens is 395 g/mol. The van der Waals surface area contributed by atoms with E-state index in [-0.39, 0.29) is 11.7 Å². The Morgan fingerprint density at radius 3 is 2.27 bits per heavy atom. The van der Waals surface area contributed by atoms with Crippen LogP contribution in [0.4, 0.5) is 10.1 Å². The summed E-state index contributed by atoms with van der Waals surface area (Å²) in [4.78, 5) is 19.3. The number of hydrogen-bond donors (Lipinski definition) is 0. The molecule has 3 aromatic rings. The van der Waals surface area contributed by atoms with E-state index in [2.05, 4.69) is 17.1 Å². The molecule has 1 aliphatic heterocycles. The lowest BCUT2D eigenvalue weighted by Crippen LogP contribution is -2.30. The van der Waals surface area contributed by atoms with Gasteiger partial charge in [-0.2, -0.15) is 0 Å². The molecule has 0 saturated carbocycles. The highest BCUT2D eigenvalue weighted by Crippen LogP contribution is 2.30. The molecule has 0 radical (unpaired) electrons. The third kappa shape index (κ3) is 4.86. The summed E-state index contributed by atoms with van der Waals surface area (Å²) < 4.78 is 13.4. The highest BCUT2D eigenvalue weighted by atomic mass is 32.2. The van der Waals surface area contributed by atoms with Gasteiger partial charge in [-0.15, -0.1) is 0 Å². The second-order valence-electron chi connectivity index (χ2n) is 6.89. The second-order valence-corrected chi connectivity index (χ2v) is 7.95. The molecule has 1 heterocycles. The van der Waals surface area contributed by atoms with Crippen LogP contribution in [0.1, 0.15) is 17.5 Å². The topological polar surface area (TPSA) is 32.7 Å². The van der Waals surface area contributed by atoms with E-state index in [1.165, 1.54) is 17.7 Å². The summed E-state index contributed by atoms with van der Waals surface area (Å²) >= 11 is 1.55. The lowest BCUT2D eigenvalue weighted by molar-refractivity contribution is -0.113. The highest BCUT2D eigenvalue weighted by molar-refractivity contribution is 8.14. The van der Waals surface area contributed by atoms with E-state index in [9.17, 15) is 9.18 Å². The van der Waals surface area contributed by atoms with Crippen LogP contribution in [0.2, 0.25) is 0 Å². The summed E-state index contributed by atoms with van der Waals surface area (Å²) in [6, 6.07) is 25.9. The zero-order chi connectivity index (χ0) is 20.8. The van der Waals surface area contributed by atoms with Gasteiger partial charge in [0.25, 0.3) is 5.91 Å². The predicted octanol–water partition coefficient (Wildman–Crippen LogP) is 5.94. The van der Waals surface area contributed by atoms with Gasteiger partial charge in [0.15, 0.2) is 5.17 Å². The summed E-state index contributed by atoms with van der Waals surface area (Å²) in [6.45, 7) is 0. The molecule has 0 aliphatic carbocycles. The number of anilines is 1. The Bertz CT molecular complexity index is 1060. The largest absolute Gasteiger partial charge is 0.283 e. The van der Waals surface area contributed by atoms with Crippen LogP contribution in [0.5, 0.6) is 0 Å². The van der Waals surface area contributed by atoms with Crippen molar-refractivity contribution in [2.45, 2.75) is 12.8 Å². The maximum atomic E-state index is 13.4. The van der Waals surface area contributed by atoms with Crippen LogP contribution in [-0.2, 0) is 11.2 Å². The van der Waals surface area contributed by atoms with Crippen molar-refractivity contribution >= 4 is 34.6 Å². The Hall–Kier alpha value is -3.18. The fraction of sp³-hybridized carbons (Fsp3) is 0.120. The Kier molecular flexibility index (Phi) is 6.40. The van der Waals surface area contributed by atoms with Crippen molar-refractivity contribution in [1.82, 2.24) is 0 Å². The third-order valence-electron chi connectivity index (χ3n) is 4.70. The van der Waals surface area contributed by atoms with Crippen LogP contribution in [0.15, 0.2) is 95.6 Å². The van der Waals surface area contributed by atoms with Gasteiger partial charge < -0.3 is 0 Å². The van der Waals surface area contributed by atoms with Crippen LogP contribution >= 0.6 is 11.8 Å². The Morgan fingerprint density at radius 1 is 0.900 bits per heavy atom. The summed E-state index contributed by atoms with van der Waals surface area (Å²) in [5, 5.41) is 0.627. The van der Waals surface area contributed by atoms with Gasteiger partial charge in [0, 0.05) is 5.75 Å². The van der Waals surface area contributed by atoms with E-state index < -0.39 is 0 Å². The lowest BCUT2D eigenvalue weighted by Gasteiger charge is -2.17. The molecule has 1 aliphatic rings. The SMILES string of the molecule is O=C1/C(=C\c2ccccc2)N=C(SCCCc2ccccc2)N1c1ccc(F)cc1. The molecule has 1 amide bonds. The zero-order valence-electron chi connectivity index (χ0n) is 16.4. The first-order chi connectivity index (χ1) is 14.7. The molecule has 0 spiro atoms. The molecule has 3 nitrogen and oxygen atoms in total. The van der Waals surface area contributed by atoms with Crippen LogP contribution in [0, 0.1) is 5.82 Å². The number of hydrogen-bond acceptors (Lipinski definition) is 3. The van der Waals surface area contributed by atoms with Gasteiger partial charge >= 0.3 is 0 Å². The fourth-order valence-electron chi connectivity index (χ4n) is 3.20. The van der Waals surface area contributed by atoms with Crippen LogP contribution in [-0.4, -0.2) is 16.8 Å². The lowest BCUT2D eigenvalue weighted by atomic mass is 10.1. The van der Waals surface area contributed by atoms with Gasteiger partial charge in [-0.25, -0.2) is 9.38 Å². The Morgan fingerprint density at radius 2 is 1.57 bits per heavy atom. The molecule has 0 N–H and O–H groups in total. The summed E-state index contributed by atoms with van der Waals surface area (Å²) in [6.07, 6.45) is 3.73. The first-order valence-electron chi connectivity index (χ1n) is 9.83. The molecule has 0 bridgehead atoms. The molecule has 0 atom stereocenters. The van der Waals surface area contributed by atoms with Crippen molar-refractivity contribution in [1.29, 1.82) is 0 Å². The Labute approximate surface area is 180 Å². The highest BCUT2D eigenvalue weighted by Gasteiger charge is 2.31. The number of nitrogens with zero attached hydrogens (tertiary/aromatic N) is 2. The number of rotatable bonds is 6. The first kappa shape index (κ1) is 20.1. The van der Waals surface area contributed by atoms with Crippen molar-refractivity contribution in [2.75, 3.05) is 10.7 Å². The van der Waals surface area contributed by atoms with Gasteiger partial charge in [-0.3, -0.25) is 9.69 Å². The van der Waals surface area contributed by atoms with Crippen molar-refractivity contribution in [3.05, 3.63) is 108 Å². The number of carbonyl (C=O) groups excluding carboxylic acids is 1. The quantitative estimate of drug-likeness (QED) is 0.368. The van der Waals surface area contributed by atoms with Gasteiger partial charge in [0.2, 0.25) is 0 Å². The summed E-state index contributed by atoms with van der Waals surface area (Å²) in [7, 11) is 0. The minimum absolute atomic E-state index is 0.198. The maximum absolute atomic E-state index is 13.4. The minimum Gasteiger partial charge on any atom is -0.266 e. The minimum atomic E-state index is -0.334. The van der Waals surface area contributed by atoms with Crippen molar-refractivity contribution in [3.63, 3.8) is 0 Å². The Balaban J connectivity index is 1.53. The maximum Gasteiger partial charge on any atom is 0.283 e. The number of amidine groups is 1. The standard InChI is InChI=1S/C25H21FN2OS/c26-21-13-15-22(16-14-21)28-24(29)23(18-20-10-5-2-6-11-20)27-25(28)30-17-7-12-19-8-3-1-4-9-19/h1-6,8-11,13-16,18H,7,12,17H2/b23-18+. The number of benzene rings is 3. The van der Waals surface area contributed by atoms with Crippen molar-refractivity contribution in [3.8, 4) is 0 Å². The smallest absolute Gasteiger partial charge is 0.266 e. The first-order valence-corrected chi connectivity index (χ1v) is 10.8. The van der Waals surface area contributed by atoms with E-state index in [4.69, 9.17) is 0 Å². The van der Waals surface area contributed by atoms with Gasteiger partial charge in [-0.1, -0.05) is 72.4 Å². The van der Waals surface area contributed by atoms with E-state index in [1.807, 2.05) is 48.5 Å². The third-order valence-corrected chi connectivity index (χ3v) is 5.73. The second kappa shape index (κ2) is 9.55. The molecule has 0 fully saturated rings. The summed E-state index contributed by atoms with van der Waals surface area (Å²) in [5.41, 5.74) is 3.21. The molecule has 150 valence electrons. The van der Waals surface area contributed by atoms with E-state index in [1.54, 1.807) is 34.9 Å². The summed E-state index contributed by atoms with van der Waals surface area (Å²) in [5.74, 6) is 0.299. The molecule has 4 rings (SSSR count). The predicted molar refractivity (Wildman–Crippen MR) is 123 cm³/mol. The number of carbonyl (C=O) groups is 1. The molecule has 3 aromatic carbocycles. The number of halogens is 1. The monoisotopic (exact) mass is 416 g/mol. The van der Waals surface area contributed by atoms with Gasteiger partial charge in [0.1, 0.15) is 11.5 Å². The van der Waals surface area contributed by atoms with Crippen LogP contribution < -0.4 is 4.90 Å². The van der Waals surface area contributed by atoms with Gasteiger partial charge in [0.05, 0.1) is 5.69 Å². The number of thioether (sulfide) groups is 1. The molecule has 0 saturated heterocycles. The molecule has 30 heavy (non-hydrogen) atoms. The molecule has 0 aromatic heterocycles. The molecule has 0 unspecified atom stereocenters. The average Bonchev–Trinajstić information content (AvgIpc) is 3.08. The fourth-order valence-corrected chi connectivity index (χ4v) is 4.15. The van der Waals surface area contributed by atoms with Gasteiger partial charge in [-0.05, 0) is 54.3 Å². The van der Waals surface area contributed by atoms with E-state index >= 15 is 0 Å². The van der Waals surface area contributed by atoms with Crippen molar-refractivity contribution < 1.29 is 9.18 Å². The van der Waals surface area contributed by atoms with Crippen LogP contribution in [0.3, 0.4) is 0 Å². The normalized spacial score (nSPS) is 15.0. The van der Waals surface area contributed by atoms with Crippen molar-refractivity contribution in [2.24, 2.45) is 4.99 Å².